The molecule has 3 N–H and O–H groups in total. The lowest BCUT2D eigenvalue weighted by Crippen LogP contribution is -2.56. The Labute approximate surface area is 165 Å². The molecule has 25 heavy (non-hydrogen) atoms. The fraction of sp³-hybridized carbons (Fsp3) is 0.947. The summed E-state index contributed by atoms with van der Waals surface area (Å²) in [5, 5.41) is 3.25. The van der Waals surface area contributed by atoms with Gasteiger partial charge in [-0.3, -0.25) is 9.69 Å². The molecule has 1 heterocycles. The van der Waals surface area contributed by atoms with Crippen LogP contribution >= 0.6 is 24.8 Å². The second kappa shape index (κ2) is 9.25. The molecule has 3 fully saturated rings. The molecule has 148 valence electrons. The van der Waals surface area contributed by atoms with E-state index in [-0.39, 0.29) is 48.2 Å². The van der Waals surface area contributed by atoms with Crippen molar-refractivity contribution in [3.63, 3.8) is 0 Å². The summed E-state index contributed by atoms with van der Waals surface area (Å²) < 4.78 is 0. The van der Waals surface area contributed by atoms with E-state index in [4.69, 9.17) is 5.73 Å². The Morgan fingerprint density at radius 2 is 1.88 bits per heavy atom. The van der Waals surface area contributed by atoms with Crippen molar-refractivity contribution in [3.8, 4) is 0 Å². The van der Waals surface area contributed by atoms with E-state index >= 15 is 0 Å². The molecule has 6 heteroatoms. The highest BCUT2D eigenvalue weighted by molar-refractivity contribution is 5.85. The summed E-state index contributed by atoms with van der Waals surface area (Å²) in [6, 6.07) is 0.0938. The number of halogens is 2. The number of nitrogens with two attached hydrogens (primary N) is 1. The fourth-order valence-corrected chi connectivity index (χ4v) is 5.21. The number of piperidine rings is 1. The van der Waals surface area contributed by atoms with Gasteiger partial charge in [-0.05, 0) is 70.3 Å². The summed E-state index contributed by atoms with van der Waals surface area (Å²) in [5.74, 6) is 2.22. The van der Waals surface area contributed by atoms with Crippen LogP contribution in [0.3, 0.4) is 0 Å². The first-order chi connectivity index (χ1) is 10.9. The van der Waals surface area contributed by atoms with E-state index in [0.29, 0.717) is 11.8 Å². The normalized spacial score (nSPS) is 35.0. The predicted octanol–water partition coefficient (Wildman–Crippen LogP) is 3.22. The van der Waals surface area contributed by atoms with Gasteiger partial charge in [0.25, 0.3) is 0 Å². The average molecular weight is 394 g/mol. The number of rotatable bonds is 5. The van der Waals surface area contributed by atoms with Crippen LogP contribution in [0.1, 0.15) is 59.3 Å². The topological polar surface area (TPSA) is 58.4 Å². The van der Waals surface area contributed by atoms with Crippen molar-refractivity contribution >= 4 is 30.7 Å². The average Bonchev–Trinajstić information content (AvgIpc) is 3.14. The molecule has 0 aromatic carbocycles. The number of likely N-dealkylation sites (tertiary alicyclic amines) is 1. The van der Waals surface area contributed by atoms with Crippen molar-refractivity contribution in [3.05, 3.63) is 0 Å². The first-order valence-corrected chi connectivity index (χ1v) is 9.70. The lowest BCUT2D eigenvalue weighted by Gasteiger charge is -2.44. The van der Waals surface area contributed by atoms with Gasteiger partial charge >= 0.3 is 0 Å². The van der Waals surface area contributed by atoms with E-state index in [1.807, 2.05) is 0 Å². The van der Waals surface area contributed by atoms with Gasteiger partial charge in [-0.25, -0.2) is 0 Å². The zero-order valence-electron chi connectivity index (χ0n) is 16.0. The highest BCUT2D eigenvalue weighted by Crippen LogP contribution is 2.47. The SMILES string of the molecule is CCC1CCCN(C(C)(C)CNC(=O)C2C3CCC(C3)C2N)C1.Cl.Cl. The van der Waals surface area contributed by atoms with Gasteiger partial charge in [0.05, 0.1) is 5.92 Å². The summed E-state index contributed by atoms with van der Waals surface area (Å²) in [6.07, 6.45) is 7.51. The van der Waals surface area contributed by atoms with Crippen molar-refractivity contribution in [2.75, 3.05) is 19.6 Å². The minimum absolute atomic E-state index is 0. The van der Waals surface area contributed by atoms with E-state index in [2.05, 4.69) is 31.0 Å². The van der Waals surface area contributed by atoms with Crippen LogP contribution in [0.25, 0.3) is 0 Å². The number of fused-ring (bicyclic) bond motifs is 2. The Morgan fingerprint density at radius 3 is 2.48 bits per heavy atom. The van der Waals surface area contributed by atoms with Gasteiger partial charge in [0.2, 0.25) is 5.91 Å². The van der Waals surface area contributed by atoms with Crippen LogP contribution in [0.2, 0.25) is 0 Å². The van der Waals surface area contributed by atoms with Gasteiger partial charge in [-0.2, -0.15) is 0 Å². The van der Waals surface area contributed by atoms with Gasteiger partial charge in [-0.15, -0.1) is 24.8 Å². The Morgan fingerprint density at radius 1 is 1.20 bits per heavy atom. The second-order valence-electron chi connectivity index (χ2n) is 8.83. The van der Waals surface area contributed by atoms with E-state index in [1.54, 1.807) is 0 Å². The molecule has 1 aliphatic heterocycles. The minimum Gasteiger partial charge on any atom is -0.354 e. The fourth-order valence-electron chi connectivity index (χ4n) is 5.21. The van der Waals surface area contributed by atoms with E-state index in [9.17, 15) is 4.79 Å². The van der Waals surface area contributed by atoms with Gasteiger partial charge in [0.1, 0.15) is 0 Å². The highest BCUT2D eigenvalue weighted by Gasteiger charge is 2.49. The van der Waals surface area contributed by atoms with Crippen LogP contribution in [-0.4, -0.2) is 42.0 Å². The largest absolute Gasteiger partial charge is 0.354 e. The second-order valence-corrected chi connectivity index (χ2v) is 8.83. The van der Waals surface area contributed by atoms with Crippen molar-refractivity contribution in [1.82, 2.24) is 10.2 Å². The summed E-state index contributed by atoms with van der Waals surface area (Å²) in [5.41, 5.74) is 6.35. The summed E-state index contributed by atoms with van der Waals surface area (Å²) in [6.45, 7) is 9.90. The van der Waals surface area contributed by atoms with Crippen molar-refractivity contribution in [2.45, 2.75) is 70.9 Å². The first kappa shape index (κ1) is 23.0. The van der Waals surface area contributed by atoms with Gasteiger partial charge in [0.15, 0.2) is 0 Å². The molecule has 0 aromatic rings. The van der Waals surface area contributed by atoms with Crippen LogP contribution in [0.4, 0.5) is 0 Å². The van der Waals surface area contributed by atoms with Crippen LogP contribution < -0.4 is 11.1 Å². The molecule has 0 spiro atoms. The molecule has 4 nitrogen and oxygen atoms in total. The summed E-state index contributed by atoms with van der Waals surface area (Å²) in [4.78, 5) is 15.3. The minimum atomic E-state index is 0. The Bertz CT molecular complexity index is 444. The van der Waals surface area contributed by atoms with Crippen LogP contribution in [-0.2, 0) is 4.79 Å². The van der Waals surface area contributed by atoms with Crippen molar-refractivity contribution in [2.24, 2.45) is 29.4 Å². The molecule has 1 amide bonds. The Balaban J connectivity index is 0.00000156. The molecule has 2 aliphatic carbocycles. The highest BCUT2D eigenvalue weighted by atomic mass is 35.5. The standard InChI is InChI=1S/C19H35N3O.2ClH/c1-4-13-6-5-9-22(11-13)19(2,3)12-21-18(23)16-14-7-8-15(10-14)17(16)20;;/h13-17H,4-12,20H2,1-3H3,(H,21,23);2*1H. The van der Waals surface area contributed by atoms with Crippen LogP contribution in [0.15, 0.2) is 0 Å². The maximum absolute atomic E-state index is 12.7. The Hall–Kier alpha value is -0.0300. The number of amides is 1. The van der Waals surface area contributed by atoms with Gasteiger partial charge in [0, 0.05) is 24.7 Å². The van der Waals surface area contributed by atoms with Gasteiger partial charge < -0.3 is 11.1 Å². The van der Waals surface area contributed by atoms with Gasteiger partial charge in [-0.1, -0.05) is 13.3 Å². The zero-order valence-corrected chi connectivity index (χ0v) is 17.6. The third-order valence-corrected chi connectivity index (χ3v) is 6.93. The molecule has 2 bridgehead atoms. The molecule has 0 radical (unpaired) electrons. The number of nitrogens with zero attached hydrogens (tertiary/aromatic N) is 1. The number of nitrogens with one attached hydrogen (secondary N) is 1. The molecule has 1 saturated heterocycles. The molecule has 2 saturated carbocycles. The zero-order chi connectivity index (χ0) is 16.6. The quantitative estimate of drug-likeness (QED) is 0.753. The number of carbonyl (C=O) groups is 1. The third kappa shape index (κ3) is 4.82. The summed E-state index contributed by atoms with van der Waals surface area (Å²) in [7, 11) is 0. The predicted molar refractivity (Wildman–Crippen MR) is 108 cm³/mol. The van der Waals surface area contributed by atoms with Crippen LogP contribution in [0, 0.1) is 23.7 Å². The molecular weight excluding hydrogens is 357 g/mol. The molecule has 5 atom stereocenters. The number of hydrogen-bond donors (Lipinski definition) is 2. The maximum atomic E-state index is 12.7. The maximum Gasteiger partial charge on any atom is 0.225 e. The van der Waals surface area contributed by atoms with Crippen LogP contribution in [0.5, 0.6) is 0 Å². The third-order valence-electron chi connectivity index (χ3n) is 6.93. The molecule has 0 aromatic heterocycles. The summed E-state index contributed by atoms with van der Waals surface area (Å²) >= 11 is 0. The molecule has 3 rings (SSSR count). The molecule has 5 unspecified atom stereocenters. The monoisotopic (exact) mass is 393 g/mol. The van der Waals surface area contributed by atoms with E-state index < -0.39 is 0 Å². The van der Waals surface area contributed by atoms with E-state index in [1.165, 1.54) is 45.1 Å². The molecule has 3 aliphatic rings. The van der Waals surface area contributed by atoms with Crippen molar-refractivity contribution < 1.29 is 4.79 Å². The first-order valence-electron chi connectivity index (χ1n) is 9.70. The molecular formula is C19H37Cl2N3O. The number of hydrogen-bond acceptors (Lipinski definition) is 3. The smallest absolute Gasteiger partial charge is 0.225 e. The number of carbonyl (C=O) groups excluding carboxylic acids is 1. The lowest BCUT2D eigenvalue weighted by atomic mass is 9.84. The lowest BCUT2D eigenvalue weighted by molar-refractivity contribution is -0.127. The van der Waals surface area contributed by atoms with Crippen molar-refractivity contribution in [1.29, 1.82) is 0 Å². The Kier molecular flexibility index (Phi) is 8.52. The van der Waals surface area contributed by atoms with E-state index in [0.717, 1.165) is 19.0 Å².